The van der Waals surface area contributed by atoms with E-state index in [4.69, 9.17) is 4.74 Å². The number of fused-ring (bicyclic) bond motifs is 3. The lowest BCUT2D eigenvalue weighted by molar-refractivity contribution is -0.125. The number of benzene rings is 4. The van der Waals surface area contributed by atoms with Gasteiger partial charge in [0.25, 0.3) is 5.91 Å². The molecule has 1 unspecified atom stereocenters. The third kappa shape index (κ3) is 4.24. The molecule has 0 saturated carbocycles. The average Bonchev–Trinajstić information content (AvgIpc) is 3.61. The van der Waals surface area contributed by atoms with Crippen LogP contribution in [0.5, 0.6) is 0 Å². The van der Waals surface area contributed by atoms with Crippen molar-refractivity contribution in [2.45, 2.75) is 24.9 Å². The van der Waals surface area contributed by atoms with Crippen molar-refractivity contribution < 1.29 is 14.3 Å². The summed E-state index contributed by atoms with van der Waals surface area (Å²) in [7, 11) is 0. The molecule has 196 valence electrons. The Morgan fingerprint density at radius 2 is 1.40 bits per heavy atom. The maximum absolute atomic E-state index is 13.4. The van der Waals surface area contributed by atoms with Gasteiger partial charge in [-0.2, -0.15) is 0 Å². The largest absolute Gasteiger partial charge is 0.448 e. The van der Waals surface area contributed by atoms with Crippen LogP contribution in [0, 0.1) is 0 Å². The highest BCUT2D eigenvalue weighted by molar-refractivity contribution is 6.00. The number of hydrogen-bond donors (Lipinski definition) is 3. The van der Waals surface area contributed by atoms with Crippen LogP contribution in [0.15, 0.2) is 109 Å². The lowest BCUT2D eigenvalue weighted by Crippen LogP contribution is -2.38. The van der Waals surface area contributed by atoms with E-state index in [9.17, 15) is 9.59 Å². The number of cyclic esters (lactones) is 1. The van der Waals surface area contributed by atoms with Gasteiger partial charge in [-0.15, -0.1) is 0 Å². The van der Waals surface area contributed by atoms with Crippen molar-refractivity contribution in [3.05, 3.63) is 137 Å². The maximum Gasteiger partial charge on any atom is 0.339 e. The average molecular weight is 526 g/mol. The Hall–Kier alpha value is -5.10. The number of carbonyl (C=O) groups is 2. The van der Waals surface area contributed by atoms with Gasteiger partial charge in [0.1, 0.15) is 0 Å². The number of aromatic nitrogens is 2. The van der Waals surface area contributed by atoms with Gasteiger partial charge < -0.3 is 20.0 Å². The summed E-state index contributed by atoms with van der Waals surface area (Å²) in [6, 6.07) is 31.8. The Bertz CT molecular complexity index is 1810. The van der Waals surface area contributed by atoms with E-state index < -0.39 is 12.1 Å². The van der Waals surface area contributed by atoms with Crippen LogP contribution >= 0.6 is 0 Å². The van der Waals surface area contributed by atoms with Crippen molar-refractivity contribution in [1.82, 2.24) is 9.97 Å². The molecule has 7 rings (SSSR count). The number of ether oxygens (including phenoxy) is 1. The zero-order chi connectivity index (χ0) is 27.1. The van der Waals surface area contributed by atoms with Gasteiger partial charge in [0.2, 0.25) is 0 Å². The number of amides is 1. The predicted molar refractivity (Wildman–Crippen MR) is 157 cm³/mol. The summed E-state index contributed by atoms with van der Waals surface area (Å²) in [4.78, 5) is 32.8. The molecule has 1 aliphatic rings. The highest BCUT2D eigenvalue weighted by atomic mass is 16.5. The van der Waals surface area contributed by atoms with E-state index in [0.29, 0.717) is 24.1 Å². The first-order valence-corrected chi connectivity index (χ1v) is 13.5. The minimum Gasteiger partial charge on any atom is -0.448 e. The van der Waals surface area contributed by atoms with Crippen molar-refractivity contribution in [2.24, 2.45) is 0 Å². The van der Waals surface area contributed by atoms with Crippen molar-refractivity contribution in [3.8, 4) is 0 Å². The van der Waals surface area contributed by atoms with Crippen LogP contribution in [0.1, 0.15) is 38.5 Å². The quantitative estimate of drug-likeness (QED) is 0.210. The smallest absolute Gasteiger partial charge is 0.339 e. The van der Waals surface area contributed by atoms with E-state index >= 15 is 0 Å². The van der Waals surface area contributed by atoms with E-state index in [1.54, 1.807) is 12.1 Å². The molecule has 3 heterocycles. The molecule has 6 nitrogen and oxygen atoms in total. The molecule has 0 spiro atoms. The minimum absolute atomic E-state index is 0.0183. The Morgan fingerprint density at radius 3 is 2.12 bits per heavy atom. The summed E-state index contributed by atoms with van der Waals surface area (Å²) < 4.78 is 5.52. The van der Waals surface area contributed by atoms with Crippen LogP contribution in [0.4, 0.5) is 5.69 Å². The van der Waals surface area contributed by atoms with Crippen LogP contribution in [0.2, 0.25) is 0 Å². The minimum atomic E-state index is -0.881. The van der Waals surface area contributed by atoms with Crippen LogP contribution in [-0.4, -0.2) is 27.9 Å². The maximum atomic E-state index is 13.4. The number of carbonyl (C=O) groups excluding carboxylic acids is 2. The molecule has 0 fully saturated rings. The molecule has 4 aromatic carbocycles. The van der Waals surface area contributed by atoms with Crippen molar-refractivity contribution in [2.75, 3.05) is 5.32 Å². The Kier molecular flexibility index (Phi) is 5.93. The molecule has 0 radical (unpaired) electrons. The van der Waals surface area contributed by atoms with Crippen molar-refractivity contribution >= 4 is 39.4 Å². The number of nitrogens with one attached hydrogen (secondary N) is 3. The molecule has 0 bridgehead atoms. The number of hydrogen-bond acceptors (Lipinski definition) is 3. The fourth-order valence-corrected chi connectivity index (χ4v) is 5.88. The van der Waals surface area contributed by atoms with Crippen molar-refractivity contribution in [1.29, 1.82) is 0 Å². The topological polar surface area (TPSA) is 87.0 Å². The summed E-state index contributed by atoms with van der Waals surface area (Å²) in [6.45, 7) is 0. The Labute approximate surface area is 231 Å². The van der Waals surface area contributed by atoms with Gasteiger partial charge in [0, 0.05) is 52.2 Å². The zero-order valence-corrected chi connectivity index (χ0v) is 21.7. The third-order valence-electron chi connectivity index (χ3n) is 7.88. The van der Waals surface area contributed by atoms with E-state index in [0.717, 1.165) is 22.2 Å². The summed E-state index contributed by atoms with van der Waals surface area (Å²) in [6.07, 6.45) is 4.32. The van der Waals surface area contributed by atoms with Crippen LogP contribution < -0.4 is 5.32 Å². The van der Waals surface area contributed by atoms with Gasteiger partial charge in [-0.1, -0.05) is 72.8 Å². The lowest BCUT2D eigenvalue weighted by atomic mass is 9.85. The highest BCUT2D eigenvalue weighted by Crippen LogP contribution is 2.38. The Balaban J connectivity index is 1.23. The molecule has 1 atom stereocenters. The summed E-state index contributed by atoms with van der Waals surface area (Å²) in [5, 5.41) is 5.42. The van der Waals surface area contributed by atoms with E-state index in [2.05, 4.69) is 70.1 Å². The number of para-hydroxylation sites is 3. The molecule has 40 heavy (non-hydrogen) atoms. The van der Waals surface area contributed by atoms with Crippen LogP contribution in [0.25, 0.3) is 21.8 Å². The molecule has 2 aromatic heterocycles. The molecule has 1 amide bonds. The number of H-pyrrole nitrogens is 2. The standard InChI is InChI=1S/C34H27N3O3/c38-33(32-18-21-9-1-3-11-23(21)34(39)40-32)37-29-14-6-2-10-22(29)17-26(27-19-35-30-15-7-4-12-24(27)30)28-20-36-31-16-8-5-13-25(28)31/h1-16,19-20,26,32,35-36H,17-18H2,(H,37,38). The van der Waals surface area contributed by atoms with Gasteiger partial charge in [-0.3, -0.25) is 4.79 Å². The first-order valence-electron chi connectivity index (χ1n) is 13.5. The fraction of sp³-hybridized carbons (Fsp3) is 0.118. The summed E-state index contributed by atoms with van der Waals surface area (Å²) in [5.74, 6) is -0.773. The number of rotatable bonds is 6. The molecule has 6 heteroatoms. The molecule has 0 saturated heterocycles. The number of anilines is 1. The predicted octanol–water partition coefficient (Wildman–Crippen LogP) is 6.74. The molecule has 3 N–H and O–H groups in total. The van der Waals surface area contributed by atoms with E-state index in [-0.39, 0.29) is 11.8 Å². The second-order valence-corrected chi connectivity index (χ2v) is 10.2. The molecule has 1 aliphatic heterocycles. The lowest BCUT2D eigenvalue weighted by Gasteiger charge is -2.24. The zero-order valence-electron chi connectivity index (χ0n) is 21.7. The van der Waals surface area contributed by atoms with E-state index in [1.807, 2.05) is 42.5 Å². The second-order valence-electron chi connectivity index (χ2n) is 10.2. The first kappa shape index (κ1) is 24.0. The number of aromatic amines is 2. The van der Waals surface area contributed by atoms with E-state index in [1.165, 1.54) is 21.9 Å². The van der Waals surface area contributed by atoms with Gasteiger partial charge in [-0.25, -0.2) is 4.79 Å². The molecule has 0 aliphatic carbocycles. The SMILES string of the molecule is O=C1OC(C(=O)Nc2ccccc2CC(c2c[nH]c3ccccc23)c2c[nH]c3ccccc23)Cc2ccccc21. The normalized spacial score (nSPS) is 14.8. The van der Waals surface area contributed by atoms with Crippen molar-refractivity contribution in [3.63, 3.8) is 0 Å². The van der Waals surface area contributed by atoms with Crippen LogP contribution in [0.3, 0.4) is 0 Å². The second kappa shape index (κ2) is 9.89. The third-order valence-corrected chi connectivity index (χ3v) is 7.88. The van der Waals surface area contributed by atoms with Crippen LogP contribution in [-0.2, 0) is 22.4 Å². The molecular weight excluding hydrogens is 498 g/mol. The number of esters is 1. The summed E-state index contributed by atoms with van der Waals surface area (Å²) in [5.41, 5.74) is 7.62. The summed E-state index contributed by atoms with van der Waals surface area (Å²) >= 11 is 0. The fourth-order valence-electron chi connectivity index (χ4n) is 5.88. The first-order chi connectivity index (χ1) is 19.7. The molecular formula is C34H27N3O3. The monoisotopic (exact) mass is 525 g/mol. The Morgan fingerprint density at radius 1 is 0.800 bits per heavy atom. The molecule has 6 aromatic rings. The highest BCUT2D eigenvalue weighted by Gasteiger charge is 2.31. The van der Waals surface area contributed by atoms with Gasteiger partial charge in [0.05, 0.1) is 5.56 Å². The van der Waals surface area contributed by atoms with Gasteiger partial charge >= 0.3 is 5.97 Å². The van der Waals surface area contributed by atoms with Gasteiger partial charge in [0.15, 0.2) is 6.10 Å². The van der Waals surface area contributed by atoms with Gasteiger partial charge in [-0.05, 0) is 52.9 Å².